The summed E-state index contributed by atoms with van der Waals surface area (Å²) in [6.45, 7) is 3.49. The van der Waals surface area contributed by atoms with Crippen molar-refractivity contribution < 1.29 is 45.0 Å². The number of nitrogens with two attached hydrogens (primary N) is 2. The zero-order chi connectivity index (χ0) is 13.8. The number of nitrogens with zero attached hydrogens (tertiary/aromatic N) is 1. The molecule has 0 aromatic rings. The summed E-state index contributed by atoms with van der Waals surface area (Å²) in [5.41, 5.74) is 9.73. The quantitative estimate of drug-likeness (QED) is 0.152. The predicted octanol–water partition coefficient (Wildman–Crippen LogP) is -5.46. The fourth-order valence-corrected chi connectivity index (χ4v) is 5.09. The number of fused-ring (bicyclic) bond motifs is 2. The number of esters is 1. The molecule has 3 fully saturated rings. The molecular formula is C10H13IN3O5-. The van der Waals surface area contributed by atoms with Crippen LogP contribution >= 0.6 is 0 Å². The summed E-state index contributed by atoms with van der Waals surface area (Å²) in [6.07, 6.45) is -0.920. The molecule has 0 bridgehead atoms. The molecule has 3 aliphatic heterocycles. The number of aliphatic imine (C=N–C) groups is 1. The van der Waals surface area contributed by atoms with E-state index in [1.807, 2.05) is 0 Å². The zero-order valence-corrected chi connectivity index (χ0v) is 12.0. The Labute approximate surface area is 119 Å². The molecule has 0 aliphatic carbocycles. The molecule has 6 atom stereocenters. The molecule has 6 unspecified atom stereocenters. The molecule has 3 heterocycles. The van der Waals surface area contributed by atoms with Gasteiger partial charge in [0, 0.05) is 0 Å². The number of alkyl halides is 2. The maximum absolute atomic E-state index is 12.5. The number of Topliss-reactive ketones (excluding diaryl/α,β-unsaturated/α-hetero) is 1. The molecule has 3 aliphatic rings. The molecule has 0 saturated carbocycles. The first-order chi connectivity index (χ1) is 8.99. The van der Waals surface area contributed by atoms with Crippen LogP contribution in [0.25, 0.3) is 0 Å². The third-order valence-corrected chi connectivity index (χ3v) is 6.38. The summed E-state index contributed by atoms with van der Waals surface area (Å²) in [5, 5.41) is 0. The Morgan fingerprint density at radius 3 is 2.84 bits per heavy atom. The fourth-order valence-electron chi connectivity index (χ4n) is 2.46. The molecule has 8 nitrogen and oxygen atoms in total. The van der Waals surface area contributed by atoms with Gasteiger partial charge in [-0.05, 0) is 0 Å². The van der Waals surface area contributed by atoms with Crippen LogP contribution in [0, 0.1) is 5.92 Å². The van der Waals surface area contributed by atoms with Crippen molar-refractivity contribution in [3.05, 3.63) is 0 Å². The summed E-state index contributed by atoms with van der Waals surface area (Å²) in [4.78, 5) is 27.9. The standard InChI is InChI=1S/C10H13IN3O5/c1-14-10-5(15)3-2-17-9(13)11-7(3)18-6(10)4(12)8(16)19-10/h3-4,6-7,9H,1-2,12-13H2/q-1. The van der Waals surface area contributed by atoms with E-state index in [0.29, 0.717) is 0 Å². The maximum atomic E-state index is 12.5. The van der Waals surface area contributed by atoms with E-state index in [9.17, 15) is 9.59 Å². The number of hydrogen-bond acceptors (Lipinski definition) is 8. The molecule has 0 aromatic heterocycles. The minimum atomic E-state index is -1.72. The minimum absolute atomic E-state index is 0.140. The van der Waals surface area contributed by atoms with E-state index in [2.05, 4.69) is 11.7 Å². The monoisotopic (exact) mass is 382 g/mol. The van der Waals surface area contributed by atoms with Crippen LogP contribution in [0.1, 0.15) is 0 Å². The number of ether oxygens (including phenoxy) is 3. The molecule has 4 N–H and O–H groups in total. The van der Waals surface area contributed by atoms with Crippen molar-refractivity contribution >= 4 is 18.5 Å². The Balaban J connectivity index is 1.97. The van der Waals surface area contributed by atoms with Gasteiger partial charge in [0.1, 0.15) is 0 Å². The number of rotatable bonds is 1. The molecule has 0 aromatic carbocycles. The van der Waals surface area contributed by atoms with Gasteiger partial charge in [0.2, 0.25) is 0 Å². The van der Waals surface area contributed by atoms with E-state index >= 15 is 0 Å². The van der Waals surface area contributed by atoms with Crippen LogP contribution in [0.15, 0.2) is 4.99 Å². The first-order valence-corrected chi connectivity index (χ1v) is 8.14. The summed E-state index contributed by atoms with van der Waals surface area (Å²) >= 11 is -0.696. The van der Waals surface area contributed by atoms with Crippen molar-refractivity contribution in [1.29, 1.82) is 0 Å². The van der Waals surface area contributed by atoms with Gasteiger partial charge in [0.25, 0.3) is 0 Å². The van der Waals surface area contributed by atoms with E-state index < -0.39 is 51.0 Å². The Hall–Kier alpha value is -0.620. The van der Waals surface area contributed by atoms with Crippen LogP contribution in [-0.4, -0.2) is 51.3 Å². The van der Waals surface area contributed by atoms with Crippen molar-refractivity contribution in [2.75, 3.05) is 6.61 Å². The van der Waals surface area contributed by atoms with Crippen LogP contribution in [0.5, 0.6) is 0 Å². The number of carbonyl (C=O) groups is 2. The van der Waals surface area contributed by atoms with Gasteiger partial charge in [0.05, 0.1) is 0 Å². The van der Waals surface area contributed by atoms with Gasteiger partial charge in [-0.2, -0.15) is 0 Å². The Bertz CT molecular complexity index is 460. The summed E-state index contributed by atoms with van der Waals surface area (Å²) in [6, 6.07) is -1.03. The Morgan fingerprint density at radius 2 is 2.16 bits per heavy atom. The Morgan fingerprint density at radius 1 is 1.42 bits per heavy atom. The summed E-state index contributed by atoms with van der Waals surface area (Å²) in [5.74, 6) is -1.57. The van der Waals surface area contributed by atoms with E-state index in [4.69, 9.17) is 25.7 Å². The van der Waals surface area contributed by atoms with Crippen molar-refractivity contribution in [2.24, 2.45) is 22.4 Å². The number of halogens is 1. The molecule has 0 amide bonds. The number of hydrogen-bond donors (Lipinski definition) is 2. The number of ketones is 1. The summed E-state index contributed by atoms with van der Waals surface area (Å²) < 4.78 is 15.5. The second-order valence-electron chi connectivity index (χ2n) is 4.49. The molecule has 3 saturated heterocycles. The van der Waals surface area contributed by atoms with Gasteiger partial charge < -0.3 is 0 Å². The molecule has 19 heavy (non-hydrogen) atoms. The van der Waals surface area contributed by atoms with Gasteiger partial charge in [-0.1, -0.05) is 0 Å². The van der Waals surface area contributed by atoms with Crippen LogP contribution in [0.4, 0.5) is 0 Å². The van der Waals surface area contributed by atoms with E-state index in [1.54, 1.807) is 0 Å². The van der Waals surface area contributed by atoms with E-state index in [-0.39, 0.29) is 20.7 Å². The van der Waals surface area contributed by atoms with Crippen molar-refractivity contribution in [3.63, 3.8) is 0 Å². The van der Waals surface area contributed by atoms with Crippen LogP contribution < -0.4 is 32.7 Å². The van der Waals surface area contributed by atoms with Gasteiger partial charge in [0.15, 0.2) is 0 Å². The van der Waals surface area contributed by atoms with Crippen LogP contribution in [-0.2, 0) is 23.8 Å². The number of carbonyl (C=O) groups excluding carboxylic acids is 2. The van der Waals surface area contributed by atoms with Gasteiger partial charge in [-0.3, -0.25) is 0 Å². The first-order valence-electron chi connectivity index (χ1n) is 5.65. The summed E-state index contributed by atoms with van der Waals surface area (Å²) in [7, 11) is 0. The third-order valence-electron chi connectivity index (χ3n) is 3.44. The molecule has 0 spiro atoms. The Kier molecular flexibility index (Phi) is 3.13. The average molecular weight is 382 g/mol. The molecule has 9 heteroatoms. The molecule has 0 radical (unpaired) electrons. The second kappa shape index (κ2) is 4.45. The van der Waals surface area contributed by atoms with Gasteiger partial charge >= 0.3 is 119 Å². The third kappa shape index (κ3) is 1.76. The van der Waals surface area contributed by atoms with Gasteiger partial charge in [-0.25, -0.2) is 0 Å². The topological polar surface area (TPSA) is 126 Å². The zero-order valence-electron chi connectivity index (χ0n) is 9.82. The van der Waals surface area contributed by atoms with Crippen LogP contribution in [0.2, 0.25) is 0 Å². The normalized spacial score (nSPS) is 49.7. The SMILES string of the molecule is C=NC12OC(=O)C(N)C1OC1[I-]C(N)OCC1C2=O. The fraction of sp³-hybridized carbons (Fsp3) is 0.700. The van der Waals surface area contributed by atoms with E-state index in [1.165, 1.54) is 0 Å². The second-order valence-corrected chi connectivity index (χ2v) is 7.67. The first kappa shape index (κ1) is 13.4. The average Bonchev–Trinajstić information content (AvgIpc) is 2.64. The molecule has 3 rings (SSSR count). The van der Waals surface area contributed by atoms with Gasteiger partial charge in [-0.15, -0.1) is 0 Å². The predicted molar refractivity (Wildman–Crippen MR) is 57.4 cm³/mol. The van der Waals surface area contributed by atoms with Crippen molar-refractivity contribution in [1.82, 2.24) is 0 Å². The molecular weight excluding hydrogens is 369 g/mol. The van der Waals surface area contributed by atoms with Crippen LogP contribution in [0.3, 0.4) is 0 Å². The van der Waals surface area contributed by atoms with Crippen molar-refractivity contribution in [3.8, 4) is 0 Å². The van der Waals surface area contributed by atoms with Crippen molar-refractivity contribution in [2.45, 2.75) is 26.2 Å². The molecule has 106 valence electrons. The van der Waals surface area contributed by atoms with E-state index in [0.717, 1.165) is 0 Å².